The summed E-state index contributed by atoms with van der Waals surface area (Å²) in [5.74, 6) is 0. The van der Waals surface area contributed by atoms with Crippen molar-refractivity contribution in [3.05, 3.63) is 148 Å². The molecule has 8 rings (SSSR count). The Labute approximate surface area is 259 Å². The molecule has 1 unspecified atom stereocenters. The van der Waals surface area contributed by atoms with Gasteiger partial charge >= 0.3 is 0 Å². The highest BCUT2D eigenvalue weighted by Crippen LogP contribution is 2.39. The quantitative estimate of drug-likeness (QED) is 0.200. The van der Waals surface area contributed by atoms with Gasteiger partial charge in [-0.1, -0.05) is 67.6 Å². The van der Waals surface area contributed by atoms with Crippen LogP contribution in [-0.4, -0.2) is 9.97 Å². The van der Waals surface area contributed by atoms with Crippen LogP contribution in [0.3, 0.4) is 0 Å². The van der Waals surface area contributed by atoms with E-state index in [0.717, 1.165) is 28.9 Å². The highest BCUT2D eigenvalue weighted by Gasteiger charge is 2.28. The molecular weight excluding hydrogens is 561 g/mol. The number of benzene rings is 3. The first-order chi connectivity index (χ1) is 21.1. The molecule has 43 heavy (non-hydrogen) atoms. The highest BCUT2D eigenvalue weighted by molar-refractivity contribution is 7.13. The topological polar surface area (TPSA) is 25.8 Å². The molecule has 1 aliphatic rings. The molecule has 0 fully saturated rings. The summed E-state index contributed by atoms with van der Waals surface area (Å²) in [7, 11) is 0. The van der Waals surface area contributed by atoms with Gasteiger partial charge in [0.15, 0.2) is 0 Å². The third kappa shape index (κ3) is 4.93. The molecule has 4 heteroatoms. The maximum Gasteiger partial charge on any atom is 0.0892 e. The van der Waals surface area contributed by atoms with Crippen LogP contribution in [0.1, 0.15) is 22.9 Å². The van der Waals surface area contributed by atoms with Gasteiger partial charge in [0.2, 0.25) is 0 Å². The van der Waals surface area contributed by atoms with Gasteiger partial charge in [0.1, 0.15) is 0 Å². The average Bonchev–Trinajstić information content (AvgIpc) is 3.80. The zero-order valence-corrected chi connectivity index (χ0v) is 25.3. The minimum absolute atomic E-state index is 0.0569. The molecule has 0 radical (unpaired) electrons. The molecular formula is C39H28N2S2. The lowest BCUT2D eigenvalue weighted by Gasteiger charge is -2.29. The molecule has 1 aliphatic carbocycles. The van der Waals surface area contributed by atoms with Gasteiger partial charge in [-0.15, -0.1) is 22.7 Å². The van der Waals surface area contributed by atoms with E-state index >= 15 is 0 Å². The zero-order valence-electron chi connectivity index (χ0n) is 23.7. The summed E-state index contributed by atoms with van der Waals surface area (Å²) in [6.07, 6.45) is 9.46. The molecule has 2 nitrogen and oxygen atoms in total. The molecule has 4 aromatic heterocycles. The fourth-order valence-corrected chi connectivity index (χ4v) is 7.71. The summed E-state index contributed by atoms with van der Waals surface area (Å²) >= 11 is 3.61. The van der Waals surface area contributed by atoms with Crippen molar-refractivity contribution < 1.29 is 0 Å². The first-order valence-corrected chi connectivity index (χ1v) is 16.2. The van der Waals surface area contributed by atoms with Crippen LogP contribution in [0.25, 0.3) is 60.9 Å². The Kier molecular flexibility index (Phi) is 6.40. The maximum atomic E-state index is 4.71. The second kappa shape index (κ2) is 10.6. The highest BCUT2D eigenvalue weighted by atomic mass is 32.1. The van der Waals surface area contributed by atoms with Gasteiger partial charge in [-0.3, -0.25) is 9.97 Å². The van der Waals surface area contributed by atoms with E-state index in [4.69, 9.17) is 9.97 Å². The fraction of sp³-hybridized carbons (Fsp3) is 0.0769. The molecule has 206 valence electrons. The molecule has 4 heterocycles. The van der Waals surface area contributed by atoms with E-state index in [9.17, 15) is 0 Å². The summed E-state index contributed by atoms with van der Waals surface area (Å²) in [6, 6.07) is 37.4. The lowest BCUT2D eigenvalue weighted by Crippen LogP contribution is -2.23. The number of aromatic nitrogens is 2. The Bertz CT molecular complexity index is 2120. The van der Waals surface area contributed by atoms with Crippen LogP contribution in [0.2, 0.25) is 0 Å². The molecule has 0 spiro atoms. The minimum atomic E-state index is 0.0569. The van der Waals surface area contributed by atoms with Crippen molar-refractivity contribution in [1.82, 2.24) is 9.97 Å². The number of allylic oxidation sites excluding steroid dienone is 1. The molecule has 3 aromatic carbocycles. The summed E-state index contributed by atoms with van der Waals surface area (Å²) in [6.45, 7) is 2.34. The number of hydrogen-bond donors (Lipinski definition) is 0. The first kappa shape index (κ1) is 26.0. The lowest BCUT2D eigenvalue weighted by atomic mass is 9.76. The van der Waals surface area contributed by atoms with Crippen LogP contribution in [-0.2, 0) is 11.8 Å². The molecule has 0 saturated heterocycles. The fourth-order valence-electron chi connectivity index (χ4n) is 6.11. The van der Waals surface area contributed by atoms with Crippen molar-refractivity contribution in [2.45, 2.75) is 18.8 Å². The summed E-state index contributed by atoms with van der Waals surface area (Å²) < 4.78 is 0. The van der Waals surface area contributed by atoms with Crippen LogP contribution in [0.5, 0.6) is 0 Å². The number of hydrogen-bond acceptors (Lipinski definition) is 4. The predicted molar refractivity (Wildman–Crippen MR) is 184 cm³/mol. The molecule has 0 aliphatic heterocycles. The van der Waals surface area contributed by atoms with Crippen LogP contribution in [0.15, 0.2) is 132 Å². The maximum absolute atomic E-state index is 4.71. The number of nitrogens with zero attached hydrogens (tertiary/aromatic N) is 2. The second-order valence-corrected chi connectivity index (χ2v) is 13.3. The van der Waals surface area contributed by atoms with E-state index in [2.05, 4.69) is 133 Å². The number of rotatable bonds is 5. The average molecular weight is 589 g/mol. The third-order valence-corrected chi connectivity index (χ3v) is 10.6. The van der Waals surface area contributed by atoms with Crippen LogP contribution in [0.4, 0.5) is 0 Å². The monoisotopic (exact) mass is 588 g/mol. The van der Waals surface area contributed by atoms with Crippen LogP contribution >= 0.6 is 22.7 Å². The van der Waals surface area contributed by atoms with Gasteiger partial charge in [-0.05, 0) is 121 Å². The zero-order chi connectivity index (χ0) is 28.8. The van der Waals surface area contributed by atoms with Crippen LogP contribution < -0.4 is 0 Å². The molecule has 0 saturated carbocycles. The van der Waals surface area contributed by atoms with Gasteiger partial charge in [0.25, 0.3) is 0 Å². The van der Waals surface area contributed by atoms with Crippen molar-refractivity contribution in [1.29, 1.82) is 0 Å². The SMILES string of the molecule is CC1(c2cccs2)C=Cc2cc(-c3ccnc(-c4cc(-c5ccc6cc(-c7cccs7)ccc6c5)ccn4)c3)ccc2C1. The number of fused-ring (bicyclic) bond motifs is 2. The van der Waals surface area contributed by atoms with Gasteiger partial charge in [-0.2, -0.15) is 0 Å². The van der Waals surface area contributed by atoms with Crippen molar-refractivity contribution in [2.24, 2.45) is 0 Å². The first-order valence-electron chi connectivity index (χ1n) is 14.5. The summed E-state index contributed by atoms with van der Waals surface area (Å²) in [4.78, 5) is 12.1. The smallest absolute Gasteiger partial charge is 0.0892 e. The molecule has 7 aromatic rings. The van der Waals surface area contributed by atoms with Crippen LogP contribution in [0, 0.1) is 0 Å². The van der Waals surface area contributed by atoms with E-state index in [-0.39, 0.29) is 5.41 Å². The predicted octanol–water partition coefficient (Wildman–Crippen LogP) is 10.9. The Hall–Kier alpha value is -4.64. The van der Waals surface area contributed by atoms with E-state index in [0.29, 0.717) is 0 Å². The standard InChI is InChI=1S/C39H28N2S2/c1-39(38-5-3-19-43-38)15-12-30-21-28(9-11-34(30)25-39)32-14-17-41-36(24-32)35-23-31(13-16-40-35)27-6-7-29-22-33(10-8-26(29)20-27)37-4-2-18-42-37/h2-24H,25H2,1H3. The number of thiophene rings is 2. The van der Waals surface area contributed by atoms with Gasteiger partial charge in [0.05, 0.1) is 11.4 Å². The lowest BCUT2D eigenvalue weighted by molar-refractivity contribution is 0.600. The van der Waals surface area contributed by atoms with Crippen molar-refractivity contribution in [2.75, 3.05) is 0 Å². The van der Waals surface area contributed by atoms with Gasteiger partial charge in [0, 0.05) is 27.6 Å². The van der Waals surface area contributed by atoms with Crippen molar-refractivity contribution >= 4 is 39.5 Å². The van der Waals surface area contributed by atoms with Gasteiger partial charge in [-0.25, -0.2) is 0 Å². The molecule has 0 bridgehead atoms. The Morgan fingerprint density at radius 1 is 0.605 bits per heavy atom. The Balaban J connectivity index is 1.08. The van der Waals surface area contributed by atoms with E-state index in [1.165, 1.54) is 48.3 Å². The minimum Gasteiger partial charge on any atom is -0.255 e. The summed E-state index contributed by atoms with van der Waals surface area (Å²) in [5, 5.41) is 6.77. The third-order valence-electron chi connectivity index (χ3n) is 8.51. The van der Waals surface area contributed by atoms with Crippen molar-refractivity contribution in [3.8, 4) is 44.1 Å². The molecule has 0 N–H and O–H groups in total. The molecule has 1 atom stereocenters. The van der Waals surface area contributed by atoms with E-state index in [1.54, 1.807) is 11.3 Å². The van der Waals surface area contributed by atoms with E-state index in [1.807, 2.05) is 23.7 Å². The van der Waals surface area contributed by atoms with Crippen molar-refractivity contribution in [3.63, 3.8) is 0 Å². The normalized spacial score (nSPS) is 15.9. The van der Waals surface area contributed by atoms with E-state index < -0.39 is 0 Å². The molecule has 0 amide bonds. The number of pyridine rings is 2. The second-order valence-electron chi connectivity index (χ2n) is 11.4. The van der Waals surface area contributed by atoms with Gasteiger partial charge < -0.3 is 0 Å². The summed E-state index contributed by atoms with van der Waals surface area (Å²) in [5.41, 5.74) is 10.4. The Morgan fingerprint density at radius 2 is 1.23 bits per heavy atom. The largest absolute Gasteiger partial charge is 0.255 e. The Morgan fingerprint density at radius 3 is 1.93 bits per heavy atom.